The van der Waals surface area contributed by atoms with E-state index in [0.29, 0.717) is 59.6 Å². The predicted octanol–water partition coefficient (Wildman–Crippen LogP) is 2.96. The van der Waals surface area contributed by atoms with Crippen molar-refractivity contribution in [2.75, 3.05) is 47.5 Å². The molecule has 2 amide bonds. The molecule has 8 heteroatoms. The Morgan fingerprint density at radius 2 is 1.31 bits per heavy atom. The molecule has 0 bridgehead atoms. The molecule has 0 unspecified atom stereocenters. The molecule has 0 aliphatic carbocycles. The van der Waals surface area contributed by atoms with Crippen molar-refractivity contribution in [2.45, 2.75) is 0 Å². The highest BCUT2D eigenvalue weighted by molar-refractivity contribution is 6.30. The monoisotopic (exact) mass is 418 g/mol. The lowest BCUT2D eigenvalue weighted by molar-refractivity contribution is 0.0533. The van der Waals surface area contributed by atoms with Gasteiger partial charge in [0, 0.05) is 36.8 Å². The van der Waals surface area contributed by atoms with E-state index in [2.05, 4.69) is 0 Å². The summed E-state index contributed by atoms with van der Waals surface area (Å²) in [6, 6.07) is 10.1. The molecule has 1 heterocycles. The standard InChI is InChI=1S/C21H23ClN2O5/c1-27-17-9-8-16(18(28-2)19(17)29-3)21(26)24-12-10-23(11-13-24)20(25)14-4-6-15(22)7-5-14/h4-9H,10-13H2,1-3H3. The third-order valence-corrected chi connectivity index (χ3v) is 5.13. The minimum atomic E-state index is -0.179. The van der Waals surface area contributed by atoms with Crippen molar-refractivity contribution in [1.29, 1.82) is 0 Å². The van der Waals surface area contributed by atoms with Crippen molar-refractivity contribution >= 4 is 23.4 Å². The van der Waals surface area contributed by atoms with Gasteiger partial charge in [-0.1, -0.05) is 11.6 Å². The molecule has 29 heavy (non-hydrogen) atoms. The second-order valence-electron chi connectivity index (χ2n) is 6.47. The Bertz CT molecular complexity index is 893. The summed E-state index contributed by atoms with van der Waals surface area (Å²) in [7, 11) is 4.50. The topological polar surface area (TPSA) is 68.3 Å². The molecule has 0 atom stereocenters. The van der Waals surface area contributed by atoms with Gasteiger partial charge in [-0.05, 0) is 36.4 Å². The van der Waals surface area contributed by atoms with Crippen LogP contribution in [0.5, 0.6) is 17.2 Å². The molecule has 1 aliphatic heterocycles. The number of amides is 2. The molecule has 154 valence electrons. The maximum atomic E-state index is 13.1. The summed E-state index contributed by atoms with van der Waals surface area (Å²) < 4.78 is 16.0. The van der Waals surface area contributed by atoms with Gasteiger partial charge in [0.1, 0.15) is 0 Å². The van der Waals surface area contributed by atoms with Crippen LogP contribution < -0.4 is 14.2 Å². The van der Waals surface area contributed by atoms with E-state index in [1.807, 2.05) is 0 Å². The summed E-state index contributed by atoms with van der Waals surface area (Å²) in [5.74, 6) is 0.937. The van der Waals surface area contributed by atoms with Gasteiger partial charge >= 0.3 is 0 Å². The summed E-state index contributed by atoms with van der Waals surface area (Å²) in [6.07, 6.45) is 0. The summed E-state index contributed by atoms with van der Waals surface area (Å²) in [5.41, 5.74) is 0.971. The van der Waals surface area contributed by atoms with E-state index in [1.54, 1.807) is 46.2 Å². The number of hydrogen-bond acceptors (Lipinski definition) is 5. The van der Waals surface area contributed by atoms with E-state index < -0.39 is 0 Å². The first-order valence-corrected chi connectivity index (χ1v) is 9.51. The van der Waals surface area contributed by atoms with E-state index in [4.69, 9.17) is 25.8 Å². The highest BCUT2D eigenvalue weighted by atomic mass is 35.5. The molecule has 1 aliphatic rings. The average molecular weight is 419 g/mol. The van der Waals surface area contributed by atoms with Crippen LogP contribution in [0, 0.1) is 0 Å². The summed E-state index contributed by atoms with van der Waals surface area (Å²) >= 11 is 5.88. The Hall–Kier alpha value is -2.93. The van der Waals surface area contributed by atoms with Gasteiger partial charge in [0.25, 0.3) is 11.8 Å². The van der Waals surface area contributed by atoms with Crippen LogP contribution in [0.1, 0.15) is 20.7 Å². The van der Waals surface area contributed by atoms with Gasteiger partial charge in [0.2, 0.25) is 5.75 Å². The first-order chi connectivity index (χ1) is 14.0. The molecule has 1 fully saturated rings. The van der Waals surface area contributed by atoms with Crippen molar-refractivity contribution < 1.29 is 23.8 Å². The lowest BCUT2D eigenvalue weighted by Crippen LogP contribution is -2.50. The van der Waals surface area contributed by atoms with Crippen molar-refractivity contribution in [3.8, 4) is 17.2 Å². The number of nitrogens with zero attached hydrogens (tertiary/aromatic N) is 2. The fourth-order valence-electron chi connectivity index (χ4n) is 3.33. The number of carbonyl (C=O) groups excluding carboxylic acids is 2. The van der Waals surface area contributed by atoms with Gasteiger partial charge in [0.05, 0.1) is 26.9 Å². The number of rotatable bonds is 5. The molecular formula is C21H23ClN2O5. The third-order valence-electron chi connectivity index (χ3n) is 4.88. The number of hydrogen-bond donors (Lipinski definition) is 0. The number of benzene rings is 2. The number of carbonyl (C=O) groups is 2. The third kappa shape index (κ3) is 4.24. The first kappa shape index (κ1) is 20.8. The van der Waals surface area contributed by atoms with E-state index in [9.17, 15) is 9.59 Å². The molecule has 2 aromatic rings. The smallest absolute Gasteiger partial charge is 0.257 e. The Balaban J connectivity index is 1.72. The van der Waals surface area contributed by atoms with Gasteiger partial charge in [-0.15, -0.1) is 0 Å². The maximum Gasteiger partial charge on any atom is 0.257 e. The van der Waals surface area contributed by atoms with Crippen molar-refractivity contribution in [1.82, 2.24) is 9.80 Å². The quantitative estimate of drug-likeness (QED) is 0.746. The Morgan fingerprint density at radius 3 is 1.83 bits per heavy atom. The number of halogens is 1. The summed E-state index contributed by atoms with van der Waals surface area (Å²) in [5, 5.41) is 0.584. The van der Waals surface area contributed by atoms with Crippen LogP contribution >= 0.6 is 11.6 Å². The number of ether oxygens (including phenoxy) is 3. The maximum absolute atomic E-state index is 13.1. The fourth-order valence-corrected chi connectivity index (χ4v) is 3.45. The molecule has 0 radical (unpaired) electrons. The van der Waals surface area contributed by atoms with Crippen LogP contribution in [0.25, 0.3) is 0 Å². The number of piperazine rings is 1. The minimum absolute atomic E-state index is 0.0718. The van der Waals surface area contributed by atoms with Crippen LogP contribution in [-0.2, 0) is 0 Å². The highest BCUT2D eigenvalue weighted by Gasteiger charge is 2.29. The Kier molecular flexibility index (Phi) is 6.49. The molecular weight excluding hydrogens is 396 g/mol. The molecule has 0 aromatic heterocycles. The van der Waals surface area contributed by atoms with Gasteiger partial charge in [-0.3, -0.25) is 9.59 Å². The fraction of sp³-hybridized carbons (Fsp3) is 0.333. The van der Waals surface area contributed by atoms with Crippen LogP contribution in [0.2, 0.25) is 5.02 Å². The van der Waals surface area contributed by atoms with Crippen LogP contribution in [0.3, 0.4) is 0 Å². The predicted molar refractivity (Wildman–Crippen MR) is 109 cm³/mol. The lowest BCUT2D eigenvalue weighted by Gasteiger charge is -2.35. The summed E-state index contributed by atoms with van der Waals surface area (Å²) in [4.78, 5) is 29.1. The molecule has 3 rings (SSSR count). The summed E-state index contributed by atoms with van der Waals surface area (Å²) in [6.45, 7) is 1.75. The Morgan fingerprint density at radius 1 is 0.759 bits per heavy atom. The zero-order valence-electron chi connectivity index (χ0n) is 16.6. The van der Waals surface area contributed by atoms with Gasteiger partial charge in [-0.25, -0.2) is 0 Å². The van der Waals surface area contributed by atoms with Crippen LogP contribution in [0.15, 0.2) is 36.4 Å². The van der Waals surface area contributed by atoms with Crippen molar-refractivity contribution in [3.63, 3.8) is 0 Å². The van der Waals surface area contributed by atoms with E-state index in [-0.39, 0.29) is 11.8 Å². The SMILES string of the molecule is COc1ccc(C(=O)N2CCN(C(=O)c3ccc(Cl)cc3)CC2)c(OC)c1OC. The molecule has 0 N–H and O–H groups in total. The molecule has 7 nitrogen and oxygen atoms in total. The Labute approximate surface area is 174 Å². The number of methoxy groups -OCH3 is 3. The van der Waals surface area contributed by atoms with E-state index >= 15 is 0 Å². The van der Waals surface area contributed by atoms with Crippen molar-refractivity contribution in [3.05, 3.63) is 52.5 Å². The largest absolute Gasteiger partial charge is 0.493 e. The second kappa shape index (κ2) is 9.05. The van der Waals surface area contributed by atoms with Crippen LogP contribution in [0.4, 0.5) is 0 Å². The van der Waals surface area contributed by atoms with Gasteiger partial charge < -0.3 is 24.0 Å². The second-order valence-corrected chi connectivity index (χ2v) is 6.91. The van der Waals surface area contributed by atoms with Gasteiger partial charge in [-0.2, -0.15) is 0 Å². The molecule has 2 aromatic carbocycles. The van der Waals surface area contributed by atoms with Crippen LogP contribution in [-0.4, -0.2) is 69.1 Å². The normalized spacial score (nSPS) is 13.8. The highest BCUT2D eigenvalue weighted by Crippen LogP contribution is 2.40. The zero-order valence-corrected chi connectivity index (χ0v) is 17.4. The van der Waals surface area contributed by atoms with Crippen molar-refractivity contribution in [2.24, 2.45) is 0 Å². The first-order valence-electron chi connectivity index (χ1n) is 9.13. The van der Waals surface area contributed by atoms with E-state index in [0.717, 1.165) is 0 Å². The minimum Gasteiger partial charge on any atom is -0.493 e. The lowest BCUT2D eigenvalue weighted by atomic mass is 10.1. The molecule has 1 saturated heterocycles. The molecule has 0 saturated carbocycles. The molecule has 0 spiro atoms. The zero-order chi connectivity index (χ0) is 21.0. The van der Waals surface area contributed by atoms with Gasteiger partial charge in [0.15, 0.2) is 11.5 Å². The average Bonchev–Trinajstić information content (AvgIpc) is 2.77. The van der Waals surface area contributed by atoms with E-state index in [1.165, 1.54) is 21.3 Å².